The zero-order valence-electron chi connectivity index (χ0n) is 15.1. The van der Waals surface area contributed by atoms with E-state index in [4.69, 9.17) is 9.84 Å². The van der Waals surface area contributed by atoms with Crippen molar-refractivity contribution in [3.8, 4) is 5.69 Å². The lowest BCUT2D eigenvalue weighted by Crippen LogP contribution is -2.30. The molecule has 2 aromatic rings. The number of anilines is 1. The van der Waals surface area contributed by atoms with E-state index in [0.717, 1.165) is 17.2 Å². The summed E-state index contributed by atoms with van der Waals surface area (Å²) in [5, 5.41) is 10.8. The van der Waals surface area contributed by atoms with Gasteiger partial charge in [-0.1, -0.05) is 31.0 Å². The molecule has 1 amide bonds. The lowest BCUT2D eigenvalue weighted by atomic mass is 10.0. The molecule has 1 aliphatic carbocycles. The average molecular weight is 379 g/mol. The number of ether oxygens (including phenoxy) is 1. The average Bonchev–Trinajstić information content (AvgIpc) is 3.29. The van der Waals surface area contributed by atoms with E-state index >= 15 is 0 Å². The molecule has 0 atom stereocenters. The van der Waals surface area contributed by atoms with Crippen molar-refractivity contribution in [2.75, 3.05) is 32.1 Å². The van der Waals surface area contributed by atoms with Crippen LogP contribution in [0.25, 0.3) is 5.69 Å². The molecule has 7 heteroatoms. The fourth-order valence-corrected chi connectivity index (χ4v) is 3.24. The van der Waals surface area contributed by atoms with Crippen LogP contribution >= 0.6 is 12.4 Å². The summed E-state index contributed by atoms with van der Waals surface area (Å²) in [6.45, 7) is 1.48. The van der Waals surface area contributed by atoms with Gasteiger partial charge in [0.1, 0.15) is 5.82 Å². The molecule has 0 aliphatic heterocycles. The number of amides is 1. The normalized spacial score (nSPS) is 14.2. The number of rotatable bonds is 8. The van der Waals surface area contributed by atoms with E-state index in [9.17, 15) is 4.79 Å². The number of nitrogens with zero attached hydrogens (tertiary/aromatic N) is 2. The maximum Gasteiger partial charge on any atom is 0.239 e. The highest BCUT2D eigenvalue weighted by molar-refractivity contribution is 5.91. The fourth-order valence-electron chi connectivity index (χ4n) is 3.24. The predicted octanol–water partition coefficient (Wildman–Crippen LogP) is 3.13. The smallest absolute Gasteiger partial charge is 0.239 e. The van der Waals surface area contributed by atoms with Crippen LogP contribution in [-0.4, -0.2) is 42.5 Å². The standard InChI is InChI=1S/C19H26N4O2.ClH/c1-25-12-11-20-14-19(24)21-18-13-17(15-7-5-6-8-15)22-23(18)16-9-3-2-4-10-16;/h2-4,9-10,13,15,20H,5-8,11-12,14H2,1H3,(H,21,24);1H. The Hall–Kier alpha value is -1.89. The van der Waals surface area contributed by atoms with E-state index in [2.05, 4.69) is 10.6 Å². The van der Waals surface area contributed by atoms with Gasteiger partial charge in [0, 0.05) is 25.6 Å². The second-order valence-corrected chi connectivity index (χ2v) is 6.40. The van der Waals surface area contributed by atoms with Crippen LogP contribution in [0.5, 0.6) is 0 Å². The van der Waals surface area contributed by atoms with Gasteiger partial charge in [-0.05, 0) is 25.0 Å². The fraction of sp³-hybridized carbons (Fsp3) is 0.474. The third-order valence-electron chi connectivity index (χ3n) is 4.54. The van der Waals surface area contributed by atoms with Gasteiger partial charge in [0.25, 0.3) is 0 Å². The van der Waals surface area contributed by atoms with E-state index in [0.29, 0.717) is 19.1 Å². The van der Waals surface area contributed by atoms with Gasteiger partial charge in [0.15, 0.2) is 0 Å². The van der Waals surface area contributed by atoms with Crippen molar-refractivity contribution in [3.05, 3.63) is 42.1 Å². The molecule has 0 saturated heterocycles. The van der Waals surface area contributed by atoms with Gasteiger partial charge in [-0.25, -0.2) is 4.68 Å². The summed E-state index contributed by atoms with van der Waals surface area (Å²) < 4.78 is 6.80. The first-order valence-electron chi connectivity index (χ1n) is 8.93. The second kappa shape index (κ2) is 10.3. The summed E-state index contributed by atoms with van der Waals surface area (Å²) in [4.78, 5) is 12.2. The van der Waals surface area contributed by atoms with Crippen molar-refractivity contribution in [1.29, 1.82) is 0 Å². The predicted molar refractivity (Wildman–Crippen MR) is 105 cm³/mol. The molecule has 3 rings (SSSR count). The Kier molecular flexibility index (Phi) is 8.09. The van der Waals surface area contributed by atoms with Crippen molar-refractivity contribution in [3.63, 3.8) is 0 Å². The SMILES string of the molecule is COCCNCC(=O)Nc1cc(C2CCCC2)nn1-c1ccccc1.Cl. The van der Waals surface area contributed by atoms with Gasteiger partial charge >= 0.3 is 0 Å². The topological polar surface area (TPSA) is 68.2 Å². The summed E-state index contributed by atoms with van der Waals surface area (Å²) in [6, 6.07) is 11.9. The Labute approximate surface area is 160 Å². The summed E-state index contributed by atoms with van der Waals surface area (Å²) in [5.41, 5.74) is 2.03. The molecule has 1 saturated carbocycles. The number of methoxy groups -OCH3 is 1. The largest absolute Gasteiger partial charge is 0.383 e. The lowest BCUT2D eigenvalue weighted by molar-refractivity contribution is -0.115. The third-order valence-corrected chi connectivity index (χ3v) is 4.54. The summed E-state index contributed by atoms with van der Waals surface area (Å²) in [5.74, 6) is 1.15. The monoisotopic (exact) mass is 378 g/mol. The molecule has 0 bridgehead atoms. The number of aromatic nitrogens is 2. The molecule has 142 valence electrons. The minimum atomic E-state index is -0.0776. The molecule has 1 aromatic carbocycles. The van der Waals surface area contributed by atoms with Crippen LogP contribution in [0.4, 0.5) is 5.82 Å². The van der Waals surface area contributed by atoms with Crippen molar-refractivity contribution >= 4 is 24.1 Å². The number of carbonyl (C=O) groups excluding carboxylic acids is 1. The number of benzene rings is 1. The zero-order chi connectivity index (χ0) is 17.5. The molecular formula is C19H27ClN4O2. The first-order chi connectivity index (χ1) is 12.3. The highest BCUT2D eigenvalue weighted by Crippen LogP contribution is 2.35. The number of hydrogen-bond acceptors (Lipinski definition) is 4. The lowest BCUT2D eigenvalue weighted by Gasteiger charge is -2.09. The molecule has 0 radical (unpaired) electrons. The Morgan fingerprint density at radius 1 is 1.27 bits per heavy atom. The van der Waals surface area contributed by atoms with Crippen LogP contribution in [0.15, 0.2) is 36.4 Å². The van der Waals surface area contributed by atoms with E-state index in [1.807, 2.05) is 41.1 Å². The van der Waals surface area contributed by atoms with Crippen molar-refractivity contribution in [2.24, 2.45) is 0 Å². The number of halogens is 1. The molecule has 1 aliphatic rings. The van der Waals surface area contributed by atoms with Crippen LogP contribution in [0.2, 0.25) is 0 Å². The number of nitrogens with one attached hydrogen (secondary N) is 2. The van der Waals surface area contributed by atoms with Crippen molar-refractivity contribution in [1.82, 2.24) is 15.1 Å². The molecule has 1 fully saturated rings. The molecule has 0 unspecified atom stereocenters. The van der Waals surface area contributed by atoms with Gasteiger partial charge in [-0.15, -0.1) is 12.4 Å². The number of para-hydroxylation sites is 1. The molecule has 6 nitrogen and oxygen atoms in total. The van der Waals surface area contributed by atoms with Gasteiger partial charge in [0.2, 0.25) is 5.91 Å². The third kappa shape index (κ3) is 5.30. The first-order valence-corrected chi connectivity index (χ1v) is 8.93. The molecule has 1 heterocycles. The Morgan fingerprint density at radius 2 is 2.00 bits per heavy atom. The minimum Gasteiger partial charge on any atom is -0.383 e. The highest BCUT2D eigenvalue weighted by atomic mass is 35.5. The maximum absolute atomic E-state index is 12.2. The maximum atomic E-state index is 12.2. The highest BCUT2D eigenvalue weighted by Gasteiger charge is 2.22. The summed E-state index contributed by atoms with van der Waals surface area (Å²) >= 11 is 0. The summed E-state index contributed by atoms with van der Waals surface area (Å²) in [6.07, 6.45) is 4.87. The quantitative estimate of drug-likeness (QED) is 0.692. The van der Waals surface area contributed by atoms with Gasteiger partial charge < -0.3 is 15.4 Å². The first kappa shape index (κ1) is 20.4. The molecular weight excluding hydrogens is 352 g/mol. The molecule has 0 spiro atoms. The van der Waals surface area contributed by atoms with Gasteiger partial charge in [-0.3, -0.25) is 4.79 Å². The van der Waals surface area contributed by atoms with Crippen molar-refractivity contribution < 1.29 is 9.53 Å². The second-order valence-electron chi connectivity index (χ2n) is 6.40. The van der Waals surface area contributed by atoms with E-state index in [1.165, 1.54) is 25.7 Å². The Morgan fingerprint density at radius 3 is 2.69 bits per heavy atom. The van der Waals surface area contributed by atoms with E-state index in [-0.39, 0.29) is 24.9 Å². The van der Waals surface area contributed by atoms with Crippen LogP contribution in [0, 0.1) is 0 Å². The Bertz CT molecular complexity index is 684. The van der Waals surface area contributed by atoms with Crippen LogP contribution < -0.4 is 10.6 Å². The summed E-state index contributed by atoms with van der Waals surface area (Å²) in [7, 11) is 1.64. The van der Waals surface area contributed by atoms with Crippen LogP contribution in [-0.2, 0) is 9.53 Å². The molecule has 26 heavy (non-hydrogen) atoms. The van der Waals surface area contributed by atoms with E-state index < -0.39 is 0 Å². The minimum absolute atomic E-state index is 0. The van der Waals surface area contributed by atoms with Gasteiger partial charge in [-0.2, -0.15) is 5.10 Å². The molecule has 2 N–H and O–H groups in total. The van der Waals surface area contributed by atoms with Crippen molar-refractivity contribution in [2.45, 2.75) is 31.6 Å². The number of carbonyl (C=O) groups is 1. The number of hydrogen-bond donors (Lipinski definition) is 2. The molecule has 1 aromatic heterocycles. The van der Waals surface area contributed by atoms with E-state index in [1.54, 1.807) is 7.11 Å². The van der Waals surface area contributed by atoms with Crippen LogP contribution in [0.1, 0.15) is 37.3 Å². The van der Waals surface area contributed by atoms with Gasteiger partial charge in [0.05, 0.1) is 24.5 Å². The van der Waals surface area contributed by atoms with Crippen LogP contribution in [0.3, 0.4) is 0 Å². The Balaban J connectivity index is 0.00000243. The zero-order valence-corrected chi connectivity index (χ0v) is 15.9.